The maximum Gasteiger partial charge on any atom is 0.149 e. The molecule has 1 atom stereocenters. The molecule has 1 aromatic carbocycles. The van der Waals surface area contributed by atoms with Crippen LogP contribution in [0, 0.1) is 0 Å². The van der Waals surface area contributed by atoms with Gasteiger partial charge in [-0.1, -0.05) is 12.1 Å². The quantitative estimate of drug-likeness (QED) is 0.843. The van der Waals surface area contributed by atoms with Crippen molar-refractivity contribution < 1.29 is 4.74 Å². The number of benzene rings is 1. The number of hydrogen-bond donors (Lipinski definition) is 1. The van der Waals surface area contributed by atoms with Gasteiger partial charge in [-0.05, 0) is 23.8 Å². The van der Waals surface area contributed by atoms with Gasteiger partial charge < -0.3 is 10.5 Å². The van der Waals surface area contributed by atoms with Gasteiger partial charge in [-0.25, -0.2) is 9.97 Å². The first-order valence-corrected chi connectivity index (χ1v) is 4.97. The highest BCUT2D eigenvalue weighted by Gasteiger charge is 2.10. The number of nitrogens with two attached hydrogens (primary N) is 1. The lowest BCUT2D eigenvalue weighted by Crippen LogP contribution is -2.14. The molecule has 0 aliphatic rings. The number of methoxy groups -OCH3 is 1. The molecule has 0 aliphatic carbocycles. The van der Waals surface area contributed by atoms with Crippen LogP contribution in [0.4, 0.5) is 0 Å². The second-order valence-corrected chi connectivity index (χ2v) is 3.36. The van der Waals surface area contributed by atoms with Gasteiger partial charge in [-0.2, -0.15) is 0 Å². The fourth-order valence-corrected chi connectivity index (χ4v) is 1.43. The van der Waals surface area contributed by atoms with E-state index in [1.807, 2.05) is 24.3 Å². The van der Waals surface area contributed by atoms with Crippen molar-refractivity contribution >= 4 is 0 Å². The molecule has 82 valence electrons. The fourth-order valence-electron chi connectivity index (χ4n) is 1.43. The predicted molar refractivity (Wildman–Crippen MR) is 61.1 cm³/mol. The molecular weight excluding hydrogens is 202 g/mol. The Labute approximate surface area is 94.1 Å². The van der Waals surface area contributed by atoms with E-state index in [0.29, 0.717) is 5.82 Å². The molecule has 0 bridgehead atoms. The summed E-state index contributed by atoms with van der Waals surface area (Å²) in [5.74, 6) is 1.43. The first-order chi connectivity index (χ1) is 7.81. The number of ether oxygens (including phenoxy) is 1. The summed E-state index contributed by atoms with van der Waals surface area (Å²) >= 11 is 0. The van der Waals surface area contributed by atoms with E-state index >= 15 is 0 Å². The molecular formula is C12H13N3O. The third-order valence-electron chi connectivity index (χ3n) is 2.34. The molecule has 0 spiro atoms. The Morgan fingerprint density at radius 3 is 2.31 bits per heavy atom. The standard InChI is InChI=1S/C12H13N3O/c1-16-10-5-3-9(4-6-10)11(13)12-14-7-2-8-15-12/h2-8,11H,13H2,1H3. The topological polar surface area (TPSA) is 61.0 Å². The second kappa shape index (κ2) is 4.72. The highest BCUT2D eigenvalue weighted by molar-refractivity contribution is 5.31. The molecule has 16 heavy (non-hydrogen) atoms. The van der Waals surface area contributed by atoms with E-state index in [-0.39, 0.29) is 6.04 Å². The summed E-state index contributed by atoms with van der Waals surface area (Å²) in [6, 6.07) is 9.05. The molecule has 0 saturated carbocycles. The largest absolute Gasteiger partial charge is 0.497 e. The summed E-state index contributed by atoms with van der Waals surface area (Å²) in [5.41, 5.74) is 7.01. The van der Waals surface area contributed by atoms with E-state index in [1.165, 1.54) is 0 Å². The van der Waals surface area contributed by atoms with Gasteiger partial charge in [0.05, 0.1) is 13.2 Å². The van der Waals surface area contributed by atoms with Crippen molar-refractivity contribution in [1.29, 1.82) is 0 Å². The lowest BCUT2D eigenvalue weighted by atomic mass is 10.1. The van der Waals surface area contributed by atoms with Gasteiger partial charge in [0.25, 0.3) is 0 Å². The van der Waals surface area contributed by atoms with Crippen molar-refractivity contribution in [1.82, 2.24) is 9.97 Å². The molecule has 1 unspecified atom stereocenters. The molecule has 2 aromatic rings. The van der Waals surface area contributed by atoms with Crippen LogP contribution in [0.25, 0.3) is 0 Å². The zero-order chi connectivity index (χ0) is 11.4. The first-order valence-electron chi connectivity index (χ1n) is 4.97. The highest BCUT2D eigenvalue weighted by atomic mass is 16.5. The average Bonchev–Trinajstić information content (AvgIpc) is 2.39. The molecule has 2 N–H and O–H groups in total. The number of aromatic nitrogens is 2. The van der Waals surface area contributed by atoms with Crippen LogP contribution >= 0.6 is 0 Å². The van der Waals surface area contributed by atoms with Crippen molar-refractivity contribution in [3.63, 3.8) is 0 Å². The van der Waals surface area contributed by atoms with Crippen LogP contribution < -0.4 is 10.5 Å². The second-order valence-electron chi connectivity index (χ2n) is 3.36. The number of hydrogen-bond acceptors (Lipinski definition) is 4. The monoisotopic (exact) mass is 215 g/mol. The Hall–Kier alpha value is -1.94. The van der Waals surface area contributed by atoms with Gasteiger partial charge in [-0.3, -0.25) is 0 Å². The number of nitrogens with zero attached hydrogens (tertiary/aromatic N) is 2. The minimum Gasteiger partial charge on any atom is -0.497 e. The van der Waals surface area contributed by atoms with Crippen molar-refractivity contribution in [3.05, 3.63) is 54.1 Å². The average molecular weight is 215 g/mol. The predicted octanol–water partition coefficient (Wildman–Crippen LogP) is 1.53. The van der Waals surface area contributed by atoms with Gasteiger partial charge >= 0.3 is 0 Å². The van der Waals surface area contributed by atoms with Crippen LogP contribution in [0.2, 0.25) is 0 Å². The van der Waals surface area contributed by atoms with Crippen molar-refractivity contribution in [2.24, 2.45) is 5.73 Å². The number of rotatable bonds is 3. The molecule has 0 saturated heterocycles. The van der Waals surface area contributed by atoms with Crippen molar-refractivity contribution in [3.8, 4) is 5.75 Å². The molecule has 1 heterocycles. The van der Waals surface area contributed by atoms with Gasteiger partial charge in [0, 0.05) is 12.4 Å². The molecule has 0 aliphatic heterocycles. The van der Waals surface area contributed by atoms with Crippen LogP contribution in [-0.2, 0) is 0 Å². The van der Waals surface area contributed by atoms with Crippen molar-refractivity contribution in [2.75, 3.05) is 7.11 Å². The van der Waals surface area contributed by atoms with Crippen LogP contribution in [0.3, 0.4) is 0 Å². The van der Waals surface area contributed by atoms with Gasteiger partial charge in [-0.15, -0.1) is 0 Å². The Bertz CT molecular complexity index is 442. The van der Waals surface area contributed by atoms with E-state index in [2.05, 4.69) is 9.97 Å². The molecule has 0 fully saturated rings. The minimum atomic E-state index is -0.299. The summed E-state index contributed by atoms with van der Waals surface area (Å²) in [5, 5.41) is 0. The molecule has 2 rings (SSSR count). The summed E-state index contributed by atoms with van der Waals surface area (Å²) in [6.07, 6.45) is 3.37. The molecule has 0 radical (unpaired) electrons. The lowest BCUT2D eigenvalue weighted by Gasteiger charge is -2.10. The maximum absolute atomic E-state index is 6.04. The first kappa shape index (κ1) is 10.6. The van der Waals surface area contributed by atoms with Gasteiger partial charge in [0.2, 0.25) is 0 Å². The highest BCUT2D eigenvalue weighted by Crippen LogP contribution is 2.18. The molecule has 0 amide bonds. The normalized spacial score (nSPS) is 12.1. The lowest BCUT2D eigenvalue weighted by molar-refractivity contribution is 0.414. The smallest absolute Gasteiger partial charge is 0.149 e. The van der Waals surface area contributed by atoms with Crippen LogP contribution in [0.5, 0.6) is 5.75 Å². The molecule has 4 nitrogen and oxygen atoms in total. The van der Waals surface area contributed by atoms with Gasteiger partial charge in [0.15, 0.2) is 0 Å². The Kier molecular flexibility index (Phi) is 3.12. The van der Waals surface area contributed by atoms with E-state index < -0.39 is 0 Å². The van der Waals surface area contributed by atoms with Crippen molar-refractivity contribution in [2.45, 2.75) is 6.04 Å². The minimum absolute atomic E-state index is 0.299. The van der Waals surface area contributed by atoms with Crippen LogP contribution in [-0.4, -0.2) is 17.1 Å². The third-order valence-corrected chi connectivity index (χ3v) is 2.34. The maximum atomic E-state index is 6.04. The SMILES string of the molecule is COc1ccc(C(N)c2ncccn2)cc1. The van der Waals surface area contributed by atoms with Crippen LogP contribution in [0.1, 0.15) is 17.4 Å². The fraction of sp³-hybridized carbons (Fsp3) is 0.167. The summed E-state index contributed by atoms with van der Waals surface area (Å²) in [7, 11) is 1.63. The van der Waals surface area contributed by atoms with Crippen LogP contribution in [0.15, 0.2) is 42.7 Å². The van der Waals surface area contributed by atoms with E-state index in [1.54, 1.807) is 25.6 Å². The summed E-state index contributed by atoms with van der Waals surface area (Å²) in [6.45, 7) is 0. The molecule has 1 aromatic heterocycles. The molecule has 4 heteroatoms. The Morgan fingerprint density at radius 2 is 1.75 bits per heavy atom. The summed E-state index contributed by atoms with van der Waals surface area (Å²) in [4.78, 5) is 8.26. The van der Waals surface area contributed by atoms with E-state index in [4.69, 9.17) is 10.5 Å². The zero-order valence-corrected chi connectivity index (χ0v) is 9.00. The van der Waals surface area contributed by atoms with Gasteiger partial charge in [0.1, 0.15) is 11.6 Å². The Balaban J connectivity index is 2.24. The zero-order valence-electron chi connectivity index (χ0n) is 9.00. The van der Waals surface area contributed by atoms with E-state index in [9.17, 15) is 0 Å². The summed E-state index contributed by atoms with van der Waals surface area (Å²) < 4.78 is 5.08. The van der Waals surface area contributed by atoms with E-state index in [0.717, 1.165) is 11.3 Å². The third kappa shape index (κ3) is 2.17. The Morgan fingerprint density at radius 1 is 1.12 bits per heavy atom.